The fraction of sp³-hybridized carbons (Fsp3) is 0.292. The van der Waals surface area contributed by atoms with Gasteiger partial charge < -0.3 is 9.64 Å². The number of aryl methyl sites for hydroxylation is 1. The van der Waals surface area contributed by atoms with E-state index in [-0.39, 0.29) is 17.6 Å². The number of benzene rings is 1. The van der Waals surface area contributed by atoms with Crippen molar-refractivity contribution in [2.75, 3.05) is 20.2 Å². The van der Waals surface area contributed by atoms with Crippen LogP contribution in [0.15, 0.2) is 48.9 Å². The summed E-state index contributed by atoms with van der Waals surface area (Å²) in [6, 6.07) is 8.14. The van der Waals surface area contributed by atoms with Gasteiger partial charge in [0, 0.05) is 42.5 Å². The Balaban J connectivity index is 1.40. The molecule has 0 aliphatic carbocycles. The van der Waals surface area contributed by atoms with Crippen LogP contribution < -0.4 is 4.74 Å². The zero-order valence-corrected chi connectivity index (χ0v) is 18.4. The molecule has 4 aromatic rings. The second-order valence-corrected chi connectivity index (χ2v) is 8.17. The molecule has 1 aliphatic heterocycles. The first-order valence-corrected chi connectivity index (χ1v) is 10.8. The summed E-state index contributed by atoms with van der Waals surface area (Å²) in [7, 11) is 1.56. The normalized spacial score (nSPS) is 16.2. The maximum absolute atomic E-state index is 13.8. The minimum atomic E-state index is -0.338. The molecule has 33 heavy (non-hydrogen) atoms. The lowest BCUT2D eigenvalue weighted by molar-refractivity contribution is 0.0698. The lowest BCUT2D eigenvalue weighted by Gasteiger charge is -2.31. The molecule has 0 bridgehead atoms. The molecule has 0 unspecified atom stereocenters. The number of aromatic nitrogens is 5. The molecule has 1 amide bonds. The van der Waals surface area contributed by atoms with E-state index in [1.807, 2.05) is 25.3 Å². The van der Waals surface area contributed by atoms with Gasteiger partial charge in [0.15, 0.2) is 11.5 Å². The number of nitrogens with zero attached hydrogens (tertiary/aromatic N) is 6. The standard InChI is InChI=1S/C24H23FN6O2/c1-15-11-27-20(12-26-15)24(32)30-9-3-4-17(13-30)23-28-22-8-5-16(14-31(22)29-23)19-10-18(25)6-7-21(19)33-2/h5-8,10-12,14,17H,3-4,9,13H2,1-2H3/t17-/m1/s1. The fourth-order valence-electron chi connectivity index (χ4n) is 4.18. The highest BCUT2D eigenvalue weighted by Crippen LogP contribution is 2.31. The van der Waals surface area contributed by atoms with Crippen LogP contribution in [-0.4, -0.2) is 55.6 Å². The predicted molar refractivity (Wildman–Crippen MR) is 120 cm³/mol. The molecule has 5 rings (SSSR count). The average molecular weight is 446 g/mol. The summed E-state index contributed by atoms with van der Waals surface area (Å²) in [5.74, 6) is 0.822. The Morgan fingerprint density at radius 2 is 2.06 bits per heavy atom. The highest BCUT2D eigenvalue weighted by atomic mass is 19.1. The van der Waals surface area contributed by atoms with Crippen molar-refractivity contribution in [3.8, 4) is 16.9 Å². The molecule has 8 nitrogen and oxygen atoms in total. The summed E-state index contributed by atoms with van der Waals surface area (Å²) in [5, 5.41) is 4.68. The quantitative estimate of drug-likeness (QED) is 0.476. The zero-order valence-electron chi connectivity index (χ0n) is 18.4. The largest absolute Gasteiger partial charge is 0.496 e. The first-order chi connectivity index (χ1) is 16.0. The van der Waals surface area contributed by atoms with Gasteiger partial charge in [0.2, 0.25) is 0 Å². The maximum Gasteiger partial charge on any atom is 0.274 e. The van der Waals surface area contributed by atoms with Crippen molar-refractivity contribution in [1.29, 1.82) is 0 Å². The number of carbonyl (C=O) groups excluding carboxylic acids is 1. The van der Waals surface area contributed by atoms with Gasteiger partial charge in [-0.25, -0.2) is 18.9 Å². The first-order valence-electron chi connectivity index (χ1n) is 10.8. The molecule has 0 radical (unpaired) electrons. The Bertz CT molecular complexity index is 1320. The summed E-state index contributed by atoms with van der Waals surface area (Å²) >= 11 is 0. The smallest absolute Gasteiger partial charge is 0.274 e. The van der Waals surface area contributed by atoms with E-state index in [1.165, 1.54) is 18.3 Å². The number of hydrogen-bond donors (Lipinski definition) is 0. The van der Waals surface area contributed by atoms with Gasteiger partial charge >= 0.3 is 0 Å². The van der Waals surface area contributed by atoms with Gasteiger partial charge in [-0.3, -0.25) is 9.78 Å². The molecule has 1 fully saturated rings. The topological polar surface area (TPSA) is 85.5 Å². The van der Waals surface area contributed by atoms with Gasteiger partial charge in [-0.15, -0.1) is 0 Å². The van der Waals surface area contributed by atoms with E-state index in [9.17, 15) is 9.18 Å². The van der Waals surface area contributed by atoms with Crippen LogP contribution in [0, 0.1) is 12.7 Å². The van der Waals surface area contributed by atoms with E-state index in [2.05, 4.69) is 15.1 Å². The molecular formula is C24H23FN6O2. The van der Waals surface area contributed by atoms with Gasteiger partial charge in [0.25, 0.3) is 5.91 Å². The molecule has 3 aromatic heterocycles. The number of rotatable bonds is 4. The van der Waals surface area contributed by atoms with Gasteiger partial charge in [-0.2, -0.15) is 5.10 Å². The monoisotopic (exact) mass is 446 g/mol. The van der Waals surface area contributed by atoms with E-state index in [1.54, 1.807) is 28.8 Å². The lowest BCUT2D eigenvalue weighted by Crippen LogP contribution is -2.39. The van der Waals surface area contributed by atoms with Crippen LogP contribution in [0.4, 0.5) is 4.39 Å². The SMILES string of the molecule is COc1ccc(F)cc1-c1ccc2nc([C@@H]3CCCN(C(=O)c4cnc(C)cn4)C3)nn2c1. The lowest BCUT2D eigenvalue weighted by atomic mass is 9.97. The van der Waals surface area contributed by atoms with Crippen LogP contribution in [0.1, 0.15) is 40.8 Å². The van der Waals surface area contributed by atoms with Crippen LogP contribution in [0.25, 0.3) is 16.8 Å². The Kier molecular flexibility index (Phi) is 5.45. The Labute approximate surface area is 190 Å². The average Bonchev–Trinajstić information content (AvgIpc) is 3.28. The van der Waals surface area contributed by atoms with Crippen LogP contribution in [-0.2, 0) is 0 Å². The molecule has 1 saturated heterocycles. The molecular weight excluding hydrogens is 423 g/mol. The minimum Gasteiger partial charge on any atom is -0.496 e. The Morgan fingerprint density at radius 1 is 1.18 bits per heavy atom. The molecule has 1 aromatic carbocycles. The molecule has 9 heteroatoms. The van der Waals surface area contributed by atoms with Crippen molar-refractivity contribution in [1.82, 2.24) is 29.5 Å². The number of amides is 1. The number of piperidine rings is 1. The van der Waals surface area contributed by atoms with Crippen molar-refractivity contribution >= 4 is 11.6 Å². The van der Waals surface area contributed by atoms with Crippen LogP contribution in [0.5, 0.6) is 5.75 Å². The first kappa shape index (κ1) is 21.0. The van der Waals surface area contributed by atoms with E-state index in [0.29, 0.717) is 41.6 Å². The summed E-state index contributed by atoms with van der Waals surface area (Å²) in [4.78, 5) is 27.8. The third-order valence-corrected chi connectivity index (χ3v) is 5.89. The summed E-state index contributed by atoms with van der Waals surface area (Å²) in [6.07, 6.45) is 6.69. The number of hydrogen-bond acceptors (Lipinski definition) is 6. The van der Waals surface area contributed by atoms with E-state index < -0.39 is 0 Å². The molecule has 0 saturated carbocycles. The van der Waals surface area contributed by atoms with Gasteiger partial charge in [-0.05, 0) is 50.1 Å². The molecule has 4 heterocycles. The molecule has 1 aliphatic rings. The summed E-state index contributed by atoms with van der Waals surface area (Å²) in [5.41, 5.74) is 3.22. The van der Waals surface area contributed by atoms with Crippen molar-refractivity contribution < 1.29 is 13.9 Å². The van der Waals surface area contributed by atoms with Gasteiger partial charge in [0.1, 0.15) is 17.3 Å². The van der Waals surface area contributed by atoms with Crippen molar-refractivity contribution in [3.63, 3.8) is 0 Å². The van der Waals surface area contributed by atoms with Crippen LogP contribution in [0.2, 0.25) is 0 Å². The highest BCUT2D eigenvalue weighted by Gasteiger charge is 2.28. The third-order valence-electron chi connectivity index (χ3n) is 5.89. The van der Waals surface area contributed by atoms with E-state index in [0.717, 1.165) is 24.1 Å². The molecule has 0 spiro atoms. The molecule has 0 N–H and O–H groups in total. The van der Waals surface area contributed by atoms with Crippen LogP contribution >= 0.6 is 0 Å². The minimum absolute atomic E-state index is 0.0214. The van der Waals surface area contributed by atoms with E-state index >= 15 is 0 Å². The summed E-state index contributed by atoms with van der Waals surface area (Å²) < 4.78 is 20.9. The number of likely N-dealkylation sites (tertiary alicyclic amines) is 1. The molecule has 168 valence electrons. The van der Waals surface area contributed by atoms with Crippen LogP contribution in [0.3, 0.4) is 0 Å². The number of halogens is 1. The second-order valence-electron chi connectivity index (χ2n) is 8.17. The zero-order chi connectivity index (χ0) is 22.9. The Hall–Kier alpha value is -3.88. The number of fused-ring (bicyclic) bond motifs is 1. The second kappa shape index (κ2) is 8.57. The van der Waals surface area contributed by atoms with Gasteiger partial charge in [-0.1, -0.05) is 0 Å². The summed E-state index contributed by atoms with van der Waals surface area (Å²) in [6.45, 7) is 3.03. The fourth-order valence-corrected chi connectivity index (χ4v) is 4.18. The number of methoxy groups -OCH3 is 1. The van der Waals surface area contributed by atoms with Crippen molar-refractivity contribution in [3.05, 3.63) is 72.0 Å². The van der Waals surface area contributed by atoms with Gasteiger partial charge in [0.05, 0.1) is 19.0 Å². The Morgan fingerprint density at radius 3 is 2.85 bits per heavy atom. The third kappa shape index (κ3) is 4.13. The van der Waals surface area contributed by atoms with E-state index in [4.69, 9.17) is 9.72 Å². The number of ether oxygens (including phenoxy) is 1. The highest BCUT2D eigenvalue weighted by molar-refractivity contribution is 5.92. The number of pyridine rings is 1. The predicted octanol–water partition coefficient (Wildman–Crippen LogP) is 3.66. The van der Waals surface area contributed by atoms with Crippen molar-refractivity contribution in [2.45, 2.75) is 25.7 Å². The van der Waals surface area contributed by atoms with Crippen molar-refractivity contribution in [2.24, 2.45) is 0 Å². The number of carbonyl (C=O) groups is 1. The maximum atomic E-state index is 13.8. The molecule has 1 atom stereocenters.